The maximum absolute atomic E-state index is 11.8. The molecule has 0 unspecified atom stereocenters. The lowest BCUT2D eigenvalue weighted by Gasteiger charge is -2.25. The average Bonchev–Trinajstić information content (AvgIpc) is 2.72. The van der Waals surface area contributed by atoms with Gasteiger partial charge in [0.15, 0.2) is 0 Å². The Labute approximate surface area is 111 Å². The van der Waals surface area contributed by atoms with Crippen LogP contribution in [-0.4, -0.2) is 28.1 Å². The van der Waals surface area contributed by atoms with Crippen LogP contribution in [0, 0.1) is 0 Å². The number of halogens is 1. The van der Waals surface area contributed by atoms with Crippen LogP contribution in [0.3, 0.4) is 0 Å². The van der Waals surface area contributed by atoms with Crippen LogP contribution < -0.4 is 10.2 Å². The highest BCUT2D eigenvalue weighted by molar-refractivity contribution is 9.10. The van der Waals surface area contributed by atoms with E-state index in [0.29, 0.717) is 18.7 Å². The van der Waals surface area contributed by atoms with Gasteiger partial charge in [-0.15, -0.1) is 0 Å². The summed E-state index contributed by atoms with van der Waals surface area (Å²) < 4.78 is 2.59. The Morgan fingerprint density at radius 3 is 2.94 bits per heavy atom. The maximum atomic E-state index is 11.8. The Kier molecular flexibility index (Phi) is 2.55. The molecule has 1 saturated heterocycles. The van der Waals surface area contributed by atoms with Crippen LogP contribution in [0.15, 0.2) is 29.0 Å². The van der Waals surface area contributed by atoms with Gasteiger partial charge in [-0.3, -0.25) is 15.0 Å². The number of hydrogen-bond donors (Lipinski definition) is 1. The topological polar surface area (TPSA) is 66.7 Å². The van der Waals surface area contributed by atoms with Crippen LogP contribution in [0.2, 0.25) is 0 Å². The highest BCUT2D eigenvalue weighted by Gasteiger charge is 2.26. The van der Waals surface area contributed by atoms with Crippen molar-refractivity contribution in [3.8, 4) is 0 Å². The summed E-state index contributed by atoms with van der Waals surface area (Å²) in [5, 5.41) is 6.48. The van der Waals surface area contributed by atoms with Gasteiger partial charge in [-0.05, 0) is 28.1 Å². The number of amides is 3. The highest BCUT2D eigenvalue weighted by atomic mass is 79.9. The summed E-state index contributed by atoms with van der Waals surface area (Å²) in [5.41, 5.74) is 1.52. The van der Waals surface area contributed by atoms with Gasteiger partial charge in [0.2, 0.25) is 5.91 Å². The zero-order chi connectivity index (χ0) is 12.7. The van der Waals surface area contributed by atoms with Gasteiger partial charge in [0, 0.05) is 23.6 Å². The van der Waals surface area contributed by atoms with Crippen LogP contribution in [-0.2, 0) is 4.79 Å². The van der Waals surface area contributed by atoms with E-state index in [1.165, 1.54) is 4.90 Å². The monoisotopic (exact) mass is 308 g/mol. The minimum atomic E-state index is -0.399. The van der Waals surface area contributed by atoms with E-state index in [1.54, 1.807) is 10.7 Å². The van der Waals surface area contributed by atoms with Crippen molar-refractivity contribution in [1.82, 2.24) is 14.9 Å². The smallest absolute Gasteiger partial charge is 0.290 e. The molecule has 1 aliphatic rings. The van der Waals surface area contributed by atoms with Crippen molar-refractivity contribution in [2.45, 2.75) is 6.42 Å². The summed E-state index contributed by atoms with van der Waals surface area (Å²) in [7, 11) is 0. The second-order valence-electron chi connectivity index (χ2n) is 3.96. The molecule has 3 amide bonds. The molecule has 2 aromatic rings. The van der Waals surface area contributed by atoms with E-state index in [4.69, 9.17) is 0 Å². The Morgan fingerprint density at radius 2 is 2.17 bits per heavy atom. The van der Waals surface area contributed by atoms with E-state index < -0.39 is 6.03 Å². The van der Waals surface area contributed by atoms with Crippen molar-refractivity contribution < 1.29 is 9.59 Å². The molecule has 0 aromatic carbocycles. The maximum Gasteiger partial charge on any atom is 0.328 e. The molecule has 1 aliphatic heterocycles. The van der Waals surface area contributed by atoms with Gasteiger partial charge in [-0.1, -0.05) is 0 Å². The Balaban J connectivity index is 2.04. The lowest BCUT2D eigenvalue weighted by molar-refractivity contribution is -0.120. The third kappa shape index (κ3) is 1.76. The predicted molar refractivity (Wildman–Crippen MR) is 68.4 cm³/mol. The molecule has 92 valence electrons. The van der Waals surface area contributed by atoms with Crippen molar-refractivity contribution >= 4 is 39.1 Å². The van der Waals surface area contributed by atoms with Crippen molar-refractivity contribution in [2.24, 2.45) is 0 Å². The third-order valence-electron chi connectivity index (χ3n) is 2.80. The first kappa shape index (κ1) is 11.2. The SMILES string of the molecule is O=C1CCN(c2cnn3cc(Br)ccc23)C(=O)N1. The summed E-state index contributed by atoms with van der Waals surface area (Å²) in [6, 6.07) is 3.35. The summed E-state index contributed by atoms with van der Waals surface area (Å²) in [4.78, 5) is 24.4. The Hall–Kier alpha value is -1.89. The number of hydrogen-bond acceptors (Lipinski definition) is 3. The van der Waals surface area contributed by atoms with Crippen molar-refractivity contribution in [1.29, 1.82) is 0 Å². The summed E-state index contributed by atoms with van der Waals surface area (Å²) >= 11 is 3.36. The third-order valence-corrected chi connectivity index (χ3v) is 3.27. The number of nitrogens with zero attached hydrogens (tertiary/aromatic N) is 3. The van der Waals surface area contributed by atoms with Crippen LogP contribution in [0.4, 0.5) is 10.5 Å². The standard InChI is InChI=1S/C11H9BrN4O2/c12-7-1-2-8-9(5-13-16(8)6-7)15-4-3-10(17)14-11(15)18/h1-2,5-6H,3-4H2,(H,14,17,18). The van der Waals surface area contributed by atoms with Gasteiger partial charge in [0.25, 0.3) is 0 Å². The number of carbonyl (C=O) groups is 2. The van der Waals surface area contributed by atoms with E-state index in [0.717, 1.165) is 9.99 Å². The molecule has 0 spiro atoms. The first-order chi connectivity index (χ1) is 8.65. The molecule has 3 heterocycles. The lowest BCUT2D eigenvalue weighted by Crippen LogP contribution is -2.49. The van der Waals surface area contributed by atoms with Crippen molar-refractivity contribution in [2.75, 3.05) is 11.4 Å². The second kappa shape index (κ2) is 4.09. The number of aromatic nitrogens is 2. The van der Waals surface area contributed by atoms with Gasteiger partial charge in [0.05, 0.1) is 17.4 Å². The lowest BCUT2D eigenvalue weighted by atomic mass is 10.2. The van der Waals surface area contributed by atoms with E-state index in [-0.39, 0.29) is 5.91 Å². The number of carbonyl (C=O) groups excluding carboxylic acids is 2. The predicted octanol–water partition coefficient (Wildman–Crippen LogP) is 1.54. The molecular formula is C11H9BrN4O2. The molecule has 0 saturated carbocycles. The minimum absolute atomic E-state index is 0.240. The fourth-order valence-corrected chi connectivity index (χ4v) is 2.27. The van der Waals surface area contributed by atoms with E-state index in [1.807, 2.05) is 18.3 Å². The van der Waals surface area contributed by atoms with Crippen LogP contribution in [0.1, 0.15) is 6.42 Å². The molecule has 6 nitrogen and oxygen atoms in total. The molecule has 0 bridgehead atoms. The van der Waals surface area contributed by atoms with Crippen molar-refractivity contribution in [3.63, 3.8) is 0 Å². The van der Waals surface area contributed by atoms with Gasteiger partial charge in [-0.25, -0.2) is 9.31 Å². The summed E-state index contributed by atoms with van der Waals surface area (Å²) in [5.74, 6) is -0.240. The minimum Gasteiger partial charge on any atom is -0.290 e. The number of imide groups is 1. The van der Waals surface area contributed by atoms with Crippen LogP contribution in [0.5, 0.6) is 0 Å². The highest BCUT2D eigenvalue weighted by Crippen LogP contribution is 2.24. The quantitative estimate of drug-likeness (QED) is 0.869. The molecule has 0 atom stereocenters. The molecule has 0 aliphatic carbocycles. The number of anilines is 1. The number of urea groups is 1. The van der Waals surface area contributed by atoms with Crippen LogP contribution in [0.25, 0.3) is 5.52 Å². The summed E-state index contributed by atoms with van der Waals surface area (Å²) in [6.07, 6.45) is 3.74. The largest absolute Gasteiger partial charge is 0.328 e. The molecule has 18 heavy (non-hydrogen) atoms. The fourth-order valence-electron chi connectivity index (χ4n) is 1.95. The first-order valence-corrected chi connectivity index (χ1v) is 6.19. The molecule has 1 fully saturated rings. The normalized spacial score (nSPS) is 16.2. The van der Waals surface area contributed by atoms with Gasteiger partial charge < -0.3 is 0 Å². The van der Waals surface area contributed by atoms with Gasteiger partial charge in [0.1, 0.15) is 0 Å². The van der Waals surface area contributed by atoms with E-state index in [2.05, 4.69) is 26.3 Å². The van der Waals surface area contributed by atoms with Gasteiger partial charge in [-0.2, -0.15) is 5.10 Å². The Morgan fingerprint density at radius 1 is 1.33 bits per heavy atom. The van der Waals surface area contributed by atoms with Crippen molar-refractivity contribution in [3.05, 3.63) is 29.0 Å². The number of fused-ring (bicyclic) bond motifs is 1. The molecule has 7 heteroatoms. The number of rotatable bonds is 1. The second-order valence-corrected chi connectivity index (χ2v) is 4.88. The van der Waals surface area contributed by atoms with E-state index >= 15 is 0 Å². The molecule has 3 rings (SSSR count). The average molecular weight is 309 g/mol. The summed E-state index contributed by atoms with van der Waals surface area (Å²) in [6.45, 7) is 0.377. The number of nitrogens with one attached hydrogen (secondary N) is 1. The van der Waals surface area contributed by atoms with E-state index in [9.17, 15) is 9.59 Å². The molecular weight excluding hydrogens is 300 g/mol. The molecule has 0 radical (unpaired) electrons. The zero-order valence-electron chi connectivity index (χ0n) is 9.26. The first-order valence-electron chi connectivity index (χ1n) is 5.39. The zero-order valence-corrected chi connectivity index (χ0v) is 10.8. The Bertz CT molecular complexity index is 652. The fraction of sp³-hybridized carbons (Fsp3) is 0.182. The molecule has 2 aromatic heterocycles. The molecule has 1 N–H and O–H groups in total. The van der Waals surface area contributed by atoms with Crippen LogP contribution >= 0.6 is 15.9 Å². The van der Waals surface area contributed by atoms with Gasteiger partial charge >= 0.3 is 6.03 Å². The number of pyridine rings is 1.